The molecule has 13 heavy (non-hydrogen) atoms. The SMILES string of the molecule is CC1(O)CN(C(=O)c2ccco2)C1. The van der Waals surface area contributed by atoms with E-state index in [1.54, 1.807) is 24.0 Å². The number of hydrogen-bond acceptors (Lipinski definition) is 3. The van der Waals surface area contributed by atoms with Crippen molar-refractivity contribution in [2.24, 2.45) is 0 Å². The minimum atomic E-state index is -0.720. The van der Waals surface area contributed by atoms with Gasteiger partial charge in [0.1, 0.15) is 0 Å². The van der Waals surface area contributed by atoms with E-state index in [1.165, 1.54) is 6.26 Å². The maximum atomic E-state index is 11.5. The van der Waals surface area contributed by atoms with Gasteiger partial charge in [-0.05, 0) is 19.1 Å². The Hall–Kier alpha value is -1.29. The van der Waals surface area contributed by atoms with E-state index in [-0.39, 0.29) is 5.91 Å². The number of nitrogens with zero attached hydrogens (tertiary/aromatic N) is 1. The summed E-state index contributed by atoms with van der Waals surface area (Å²) in [5.74, 6) is 0.173. The molecule has 0 saturated carbocycles. The Morgan fingerprint density at radius 3 is 2.85 bits per heavy atom. The third-order valence-electron chi connectivity index (χ3n) is 2.08. The topological polar surface area (TPSA) is 53.7 Å². The van der Waals surface area contributed by atoms with E-state index >= 15 is 0 Å². The van der Waals surface area contributed by atoms with Crippen LogP contribution in [0, 0.1) is 0 Å². The first-order chi connectivity index (χ1) is 6.08. The summed E-state index contributed by atoms with van der Waals surface area (Å²) in [5.41, 5.74) is -0.720. The van der Waals surface area contributed by atoms with Crippen LogP contribution in [0.25, 0.3) is 0 Å². The summed E-state index contributed by atoms with van der Waals surface area (Å²) >= 11 is 0. The van der Waals surface area contributed by atoms with Gasteiger partial charge in [-0.15, -0.1) is 0 Å². The second kappa shape index (κ2) is 2.60. The molecule has 0 aliphatic carbocycles. The normalized spacial score (nSPS) is 19.7. The zero-order valence-electron chi connectivity index (χ0n) is 7.36. The molecule has 0 aromatic carbocycles. The fourth-order valence-electron chi connectivity index (χ4n) is 1.48. The summed E-state index contributed by atoms with van der Waals surface area (Å²) in [4.78, 5) is 13.1. The molecule has 1 amide bonds. The highest BCUT2D eigenvalue weighted by Crippen LogP contribution is 2.21. The van der Waals surface area contributed by atoms with E-state index in [0.29, 0.717) is 18.8 Å². The summed E-state index contributed by atoms with van der Waals surface area (Å²) < 4.78 is 4.95. The largest absolute Gasteiger partial charge is 0.459 e. The summed E-state index contributed by atoms with van der Waals surface area (Å²) in [5, 5.41) is 9.41. The molecule has 2 heterocycles. The van der Waals surface area contributed by atoms with E-state index in [0.717, 1.165) is 0 Å². The van der Waals surface area contributed by atoms with Crippen molar-refractivity contribution in [2.75, 3.05) is 13.1 Å². The Balaban J connectivity index is 2.02. The Morgan fingerprint density at radius 1 is 1.69 bits per heavy atom. The highest BCUT2D eigenvalue weighted by Gasteiger charge is 2.40. The van der Waals surface area contributed by atoms with Crippen LogP contribution in [0.2, 0.25) is 0 Å². The monoisotopic (exact) mass is 181 g/mol. The van der Waals surface area contributed by atoms with Crippen LogP contribution in [-0.4, -0.2) is 34.6 Å². The van der Waals surface area contributed by atoms with Crippen LogP contribution in [0.5, 0.6) is 0 Å². The Bertz CT molecular complexity index is 308. The molecule has 1 N–H and O–H groups in total. The second-order valence-corrected chi connectivity index (χ2v) is 3.64. The molecule has 0 radical (unpaired) electrons. The molecule has 1 fully saturated rings. The summed E-state index contributed by atoms with van der Waals surface area (Å²) in [6.07, 6.45) is 1.46. The summed E-state index contributed by atoms with van der Waals surface area (Å²) in [7, 11) is 0. The van der Waals surface area contributed by atoms with Gasteiger partial charge in [-0.2, -0.15) is 0 Å². The van der Waals surface area contributed by atoms with Gasteiger partial charge in [0.2, 0.25) is 0 Å². The third-order valence-corrected chi connectivity index (χ3v) is 2.08. The fraction of sp³-hybridized carbons (Fsp3) is 0.444. The van der Waals surface area contributed by atoms with Crippen molar-refractivity contribution in [2.45, 2.75) is 12.5 Å². The van der Waals surface area contributed by atoms with Crippen LogP contribution >= 0.6 is 0 Å². The van der Waals surface area contributed by atoms with Crippen molar-refractivity contribution in [3.63, 3.8) is 0 Å². The van der Waals surface area contributed by atoms with Gasteiger partial charge in [-0.3, -0.25) is 4.79 Å². The van der Waals surface area contributed by atoms with E-state index < -0.39 is 5.60 Å². The van der Waals surface area contributed by atoms with Crippen molar-refractivity contribution in [3.05, 3.63) is 24.2 Å². The molecule has 2 rings (SSSR count). The molecule has 0 bridgehead atoms. The number of likely N-dealkylation sites (tertiary alicyclic amines) is 1. The smallest absolute Gasteiger partial charge is 0.289 e. The third kappa shape index (κ3) is 1.45. The molecule has 1 aliphatic rings. The van der Waals surface area contributed by atoms with Crippen LogP contribution in [-0.2, 0) is 0 Å². The number of carbonyl (C=O) groups is 1. The standard InChI is InChI=1S/C9H11NO3/c1-9(12)5-10(6-9)8(11)7-3-2-4-13-7/h2-4,12H,5-6H2,1H3. The number of amides is 1. The Labute approximate surface area is 75.8 Å². The summed E-state index contributed by atoms with van der Waals surface area (Å²) in [6.45, 7) is 2.47. The van der Waals surface area contributed by atoms with Gasteiger partial charge in [-0.1, -0.05) is 0 Å². The van der Waals surface area contributed by atoms with Gasteiger partial charge in [-0.25, -0.2) is 0 Å². The average Bonchev–Trinajstić information content (AvgIpc) is 2.50. The lowest BCUT2D eigenvalue weighted by Gasteiger charge is -2.43. The van der Waals surface area contributed by atoms with Gasteiger partial charge in [0.05, 0.1) is 25.0 Å². The van der Waals surface area contributed by atoms with Gasteiger partial charge in [0, 0.05) is 0 Å². The van der Waals surface area contributed by atoms with E-state index in [9.17, 15) is 9.90 Å². The molecule has 4 nitrogen and oxygen atoms in total. The second-order valence-electron chi connectivity index (χ2n) is 3.64. The fourth-order valence-corrected chi connectivity index (χ4v) is 1.48. The molecule has 1 saturated heterocycles. The zero-order valence-corrected chi connectivity index (χ0v) is 7.36. The molecular formula is C9H11NO3. The first kappa shape index (κ1) is 8.31. The van der Waals surface area contributed by atoms with E-state index in [2.05, 4.69) is 0 Å². The van der Waals surface area contributed by atoms with Crippen molar-refractivity contribution < 1.29 is 14.3 Å². The van der Waals surface area contributed by atoms with Crippen LogP contribution in [0.1, 0.15) is 17.5 Å². The average molecular weight is 181 g/mol. The van der Waals surface area contributed by atoms with Gasteiger partial charge < -0.3 is 14.4 Å². The number of β-amino-alcohol motifs (C(OH)–C–C–N with tert-alkyl or cyclic N) is 1. The molecule has 1 aliphatic heterocycles. The highest BCUT2D eigenvalue weighted by atomic mass is 16.3. The van der Waals surface area contributed by atoms with E-state index in [1.807, 2.05) is 0 Å². The predicted octanol–water partition coefficient (Wildman–Crippen LogP) is 0.486. The molecule has 1 aromatic rings. The first-order valence-electron chi connectivity index (χ1n) is 4.14. The lowest BCUT2D eigenvalue weighted by Crippen LogP contribution is -2.61. The van der Waals surface area contributed by atoms with Gasteiger partial charge >= 0.3 is 0 Å². The van der Waals surface area contributed by atoms with Gasteiger partial charge in [0.25, 0.3) is 5.91 Å². The summed E-state index contributed by atoms with van der Waals surface area (Å²) in [6, 6.07) is 3.29. The molecular weight excluding hydrogens is 170 g/mol. The van der Waals surface area contributed by atoms with E-state index in [4.69, 9.17) is 4.42 Å². The molecule has 1 aromatic heterocycles. The molecule has 0 spiro atoms. The van der Waals surface area contributed by atoms with Crippen molar-refractivity contribution in [3.8, 4) is 0 Å². The number of carbonyl (C=O) groups excluding carboxylic acids is 1. The first-order valence-corrected chi connectivity index (χ1v) is 4.14. The quantitative estimate of drug-likeness (QED) is 0.685. The minimum Gasteiger partial charge on any atom is -0.459 e. The Kier molecular flexibility index (Phi) is 1.66. The number of furan rings is 1. The van der Waals surface area contributed by atoms with Crippen LogP contribution in [0.3, 0.4) is 0 Å². The Morgan fingerprint density at radius 2 is 2.38 bits per heavy atom. The zero-order chi connectivity index (χ0) is 9.47. The maximum Gasteiger partial charge on any atom is 0.289 e. The van der Waals surface area contributed by atoms with Crippen LogP contribution < -0.4 is 0 Å². The van der Waals surface area contributed by atoms with Crippen molar-refractivity contribution in [1.29, 1.82) is 0 Å². The lowest BCUT2D eigenvalue weighted by molar-refractivity contribution is -0.0678. The maximum absolute atomic E-state index is 11.5. The molecule has 0 atom stereocenters. The molecule has 0 unspecified atom stereocenters. The molecule has 4 heteroatoms. The lowest BCUT2D eigenvalue weighted by atomic mass is 9.97. The predicted molar refractivity (Wildman–Crippen MR) is 45.2 cm³/mol. The van der Waals surface area contributed by atoms with Crippen LogP contribution in [0.15, 0.2) is 22.8 Å². The number of aliphatic hydroxyl groups is 1. The molecule has 70 valence electrons. The number of rotatable bonds is 1. The van der Waals surface area contributed by atoms with Crippen molar-refractivity contribution in [1.82, 2.24) is 4.90 Å². The highest BCUT2D eigenvalue weighted by molar-refractivity contribution is 5.92. The number of hydrogen-bond donors (Lipinski definition) is 1. The minimum absolute atomic E-state index is 0.156. The van der Waals surface area contributed by atoms with Crippen LogP contribution in [0.4, 0.5) is 0 Å². The van der Waals surface area contributed by atoms with Crippen molar-refractivity contribution >= 4 is 5.91 Å². The van der Waals surface area contributed by atoms with Gasteiger partial charge in [0.15, 0.2) is 5.76 Å².